The first-order valence-corrected chi connectivity index (χ1v) is 6.12. The van der Waals surface area contributed by atoms with Crippen LogP contribution in [0.25, 0.3) is 0 Å². The molecular formula is C10H12Br2O. The number of rotatable bonds is 5. The second-order valence-electron chi connectivity index (χ2n) is 2.72. The molecule has 0 aliphatic heterocycles. The molecule has 0 unspecified atom stereocenters. The maximum atomic E-state index is 5.45. The van der Waals surface area contributed by atoms with E-state index in [2.05, 4.69) is 44.0 Å². The number of halogens is 2. The molecule has 0 fully saturated rings. The Morgan fingerprint density at radius 3 is 2.46 bits per heavy atom. The van der Waals surface area contributed by atoms with E-state index in [1.807, 2.05) is 12.1 Å². The van der Waals surface area contributed by atoms with Gasteiger partial charge in [0, 0.05) is 16.4 Å². The summed E-state index contributed by atoms with van der Waals surface area (Å²) in [6.07, 6.45) is 1.07. The first kappa shape index (κ1) is 11.2. The maximum Gasteiger partial charge on any atom is 0.0716 e. The molecule has 1 rings (SSSR count). The van der Waals surface area contributed by atoms with Crippen molar-refractivity contribution in [1.82, 2.24) is 0 Å². The highest BCUT2D eigenvalue weighted by Gasteiger charge is 1.92. The first-order chi connectivity index (χ1) is 6.33. The Morgan fingerprint density at radius 1 is 1.15 bits per heavy atom. The Kier molecular flexibility index (Phi) is 5.67. The Bertz CT molecular complexity index is 233. The molecule has 0 saturated carbocycles. The highest BCUT2D eigenvalue weighted by atomic mass is 79.9. The molecule has 0 atom stereocenters. The molecule has 1 aromatic rings. The van der Waals surface area contributed by atoms with E-state index in [0.29, 0.717) is 6.61 Å². The Balaban J connectivity index is 2.25. The van der Waals surface area contributed by atoms with Crippen LogP contribution >= 0.6 is 31.9 Å². The highest BCUT2D eigenvalue weighted by Crippen LogP contribution is 2.11. The SMILES string of the molecule is BrCCCOCc1ccc(Br)cc1. The average Bonchev–Trinajstić information content (AvgIpc) is 2.15. The molecule has 0 aliphatic rings. The number of hydrogen-bond acceptors (Lipinski definition) is 1. The minimum Gasteiger partial charge on any atom is -0.377 e. The summed E-state index contributed by atoms with van der Waals surface area (Å²) in [4.78, 5) is 0. The van der Waals surface area contributed by atoms with Crippen molar-refractivity contribution in [3.8, 4) is 0 Å². The van der Waals surface area contributed by atoms with Gasteiger partial charge in [-0.3, -0.25) is 0 Å². The molecule has 0 spiro atoms. The van der Waals surface area contributed by atoms with Crippen molar-refractivity contribution in [3.63, 3.8) is 0 Å². The van der Waals surface area contributed by atoms with Gasteiger partial charge in [-0.1, -0.05) is 44.0 Å². The van der Waals surface area contributed by atoms with Gasteiger partial charge >= 0.3 is 0 Å². The lowest BCUT2D eigenvalue weighted by Crippen LogP contribution is -1.95. The number of ether oxygens (including phenoxy) is 1. The van der Waals surface area contributed by atoms with Gasteiger partial charge < -0.3 is 4.74 Å². The van der Waals surface area contributed by atoms with Crippen LogP contribution < -0.4 is 0 Å². The lowest BCUT2D eigenvalue weighted by molar-refractivity contribution is 0.122. The number of benzene rings is 1. The van der Waals surface area contributed by atoms with Gasteiger partial charge in [-0.2, -0.15) is 0 Å². The average molecular weight is 308 g/mol. The molecule has 0 heterocycles. The summed E-state index contributed by atoms with van der Waals surface area (Å²) in [5.41, 5.74) is 1.22. The molecule has 72 valence electrons. The minimum absolute atomic E-state index is 0.709. The van der Waals surface area contributed by atoms with Crippen LogP contribution in [0.2, 0.25) is 0 Å². The molecule has 0 aliphatic carbocycles. The van der Waals surface area contributed by atoms with Crippen LogP contribution in [-0.4, -0.2) is 11.9 Å². The summed E-state index contributed by atoms with van der Waals surface area (Å²) < 4.78 is 6.56. The zero-order valence-electron chi connectivity index (χ0n) is 7.30. The Hall–Kier alpha value is 0.140. The van der Waals surface area contributed by atoms with Crippen molar-refractivity contribution in [3.05, 3.63) is 34.3 Å². The van der Waals surface area contributed by atoms with Crippen molar-refractivity contribution in [2.24, 2.45) is 0 Å². The van der Waals surface area contributed by atoms with Gasteiger partial charge in [0.05, 0.1) is 6.61 Å². The van der Waals surface area contributed by atoms with E-state index in [4.69, 9.17) is 4.74 Å². The van der Waals surface area contributed by atoms with E-state index in [-0.39, 0.29) is 0 Å². The summed E-state index contributed by atoms with van der Waals surface area (Å²) in [6.45, 7) is 1.53. The van der Waals surface area contributed by atoms with Crippen molar-refractivity contribution in [2.45, 2.75) is 13.0 Å². The topological polar surface area (TPSA) is 9.23 Å². The zero-order chi connectivity index (χ0) is 9.52. The third-order valence-corrected chi connectivity index (χ3v) is 2.69. The van der Waals surface area contributed by atoms with Crippen LogP contribution in [0.4, 0.5) is 0 Å². The molecule has 3 heteroatoms. The lowest BCUT2D eigenvalue weighted by atomic mass is 10.2. The van der Waals surface area contributed by atoms with Crippen LogP contribution in [-0.2, 0) is 11.3 Å². The summed E-state index contributed by atoms with van der Waals surface area (Å²) in [5, 5.41) is 1.01. The molecule has 0 aromatic heterocycles. The smallest absolute Gasteiger partial charge is 0.0716 e. The molecule has 13 heavy (non-hydrogen) atoms. The van der Waals surface area contributed by atoms with Gasteiger partial charge in [0.2, 0.25) is 0 Å². The predicted octanol–water partition coefficient (Wildman–Crippen LogP) is 3.75. The lowest BCUT2D eigenvalue weighted by Gasteiger charge is -2.02. The van der Waals surface area contributed by atoms with Gasteiger partial charge in [0.15, 0.2) is 0 Å². The quantitative estimate of drug-likeness (QED) is 0.594. The molecule has 0 radical (unpaired) electrons. The van der Waals surface area contributed by atoms with Crippen LogP contribution in [0.5, 0.6) is 0 Å². The molecule has 0 amide bonds. The third kappa shape index (κ3) is 4.79. The van der Waals surface area contributed by atoms with E-state index >= 15 is 0 Å². The van der Waals surface area contributed by atoms with Gasteiger partial charge in [-0.05, 0) is 24.1 Å². The van der Waals surface area contributed by atoms with Crippen molar-refractivity contribution < 1.29 is 4.74 Å². The summed E-state index contributed by atoms with van der Waals surface area (Å²) >= 11 is 6.75. The fraction of sp³-hybridized carbons (Fsp3) is 0.400. The van der Waals surface area contributed by atoms with E-state index < -0.39 is 0 Å². The fourth-order valence-corrected chi connectivity index (χ4v) is 1.42. The largest absolute Gasteiger partial charge is 0.377 e. The van der Waals surface area contributed by atoms with Gasteiger partial charge in [-0.15, -0.1) is 0 Å². The first-order valence-electron chi connectivity index (χ1n) is 4.21. The van der Waals surface area contributed by atoms with E-state index in [1.165, 1.54) is 5.56 Å². The molecule has 0 N–H and O–H groups in total. The minimum atomic E-state index is 0.709. The molecular weight excluding hydrogens is 296 g/mol. The van der Waals surface area contributed by atoms with E-state index in [0.717, 1.165) is 22.8 Å². The highest BCUT2D eigenvalue weighted by molar-refractivity contribution is 9.10. The van der Waals surface area contributed by atoms with Gasteiger partial charge in [-0.25, -0.2) is 0 Å². The molecule has 0 saturated heterocycles. The normalized spacial score (nSPS) is 10.3. The van der Waals surface area contributed by atoms with Crippen LogP contribution in [0, 0.1) is 0 Å². The summed E-state index contributed by atoms with van der Waals surface area (Å²) in [7, 11) is 0. The zero-order valence-corrected chi connectivity index (χ0v) is 10.5. The molecule has 1 nitrogen and oxygen atoms in total. The van der Waals surface area contributed by atoms with Crippen molar-refractivity contribution in [2.75, 3.05) is 11.9 Å². The van der Waals surface area contributed by atoms with E-state index in [1.54, 1.807) is 0 Å². The Labute approximate surface area is 95.7 Å². The van der Waals surface area contributed by atoms with E-state index in [9.17, 15) is 0 Å². The van der Waals surface area contributed by atoms with Crippen molar-refractivity contribution in [1.29, 1.82) is 0 Å². The number of hydrogen-bond donors (Lipinski definition) is 0. The van der Waals surface area contributed by atoms with Crippen LogP contribution in [0.15, 0.2) is 28.7 Å². The van der Waals surface area contributed by atoms with Crippen molar-refractivity contribution >= 4 is 31.9 Å². The second kappa shape index (κ2) is 6.57. The standard InChI is InChI=1S/C10H12Br2O/c11-6-1-7-13-8-9-2-4-10(12)5-3-9/h2-5H,1,6-8H2. The van der Waals surface area contributed by atoms with Gasteiger partial charge in [0.1, 0.15) is 0 Å². The second-order valence-corrected chi connectivity index (χ2v) is 4.43. The third-order valence-electron chi connectivity index (χ3n) is 1.60. The van der Waals surface area contributed by atoms with Crippen LogP contribution in [0.3, 0.4) is 0 Å². The van der Waals surface area contributed by atoms with Gasteiger partial charge in [0.25, 0.3) is 0 Å². The predicted molar refractivity (Wildman–Crippen MR) is 62.2 cm³/mol. The molecule has 0 bridgehead atoms. The summed E-state index contributed by atoms with van der Waals surface area (Å²) in [5.74, 6) is 0. The monoisotopic (exact) mass is 306 g/mol. The summed E-state index contributed by atoms with van der Waals surface area (Å²) in [6, 6.07) is 8.20. The van der Waals surface area contributed by atoms with Crippen LogP contribution in [0.1, 0.15) is 12.0 Å². The molecule has 1 aromatic carbocycles. The fourth-order valence-electron chi connectivity index (χ4n) is 0.927. The number of alkyl halides is 1. The maximum absolute atomic E-state index is 5.45. The Morgan fingerprint density at radius 2 is 1.85 bits per heavy atom.